The molecular formula is C36H66Ca. The van der Waals surface area contributed by atoms with Crippen LogP contribution in [0.3, 0.4) is 0 Å². The van der Waals surface area contributed by atoms with E-state index in [9.17, 15) is 0 Å². The van der Waals surface area contributed by atoms with Crippen molar-refractivity contribution in [3.8, 4) is 0 Å². The first-order valence-corrected chi connectivity index (χ1v) is 16.9. The minimum absolute atomic E-state index is 0. The molecule has 0 nitrogen and oxygen atoms in total. The van der Waals surface area contributed by atoms with Crippen molar-refractivity contribution in [2.75, 3.05) is 0 Å². The molecule has 1 aromatic rings. The normalized spacial score (nSPS) is 11.1. The molecule has 0 aliphatic heterocycles. The van der Waals surface area contributed by atoms with E-state index in [1.54, 1.807) is 11.1 Å². The number of benzene rings is 1. The summed E-state index contributed by atoms with van der Waals surface area (Å²) in [5.41, 5.74) is 3.28. The third-order valence-corrected chi connectivity index (χ3v) is 8.22. The van der Waals surface area contributed by atoms with Gasteiger partial charge in [-0.25, -0.2) is 0 Å². The van der Waals surface area contributed by atoms with Gasteiger partial charge in [-0.2, -0.15) is 0 Å². The van der Waals surface area contributed by atoms with E-state index >= 15 is 0 Å². The van der Waals surface area contributed by atoms with Crippen molar-refractivity contribution in [3.63, 3.8) is 0 Å². The standard InChI is InChI=1S/C36H66.Ca/c1-3-5-7-9-11-13-15-17-19-21-23-25-27-31-35-33-29-30-34-36(35)32-28-26-24-22-20-18-16-14-12-10-8-6-4-2;/h29-30,33-34H,3-28,31-32H2,1-2H3;. The van der Waals surface area contributed by atoms with E-state index in [0.29, 0.717) is 0 Å². The maximum Gasteiger partial charge on any atom is 0 e. The van der Waals surface area contributed by atoms with Crippen molar-refractivity contribution in [1.29, 1.82) is 0 Å². The van der Waals surface area contributed by atoms with Crippen LogP contribution in [0.5, 0.6) is 0 Å². The van der Waals surface area contributed by atoms with Gasteiger partial charge in [0, 0.05) is 37.7 Å². The van der Waals surface area contributed by atoms with Gasteiger partial charge in [-0.1, -0.05) is 192 Å². The first-order valence-electron chi connectivity index (χ1n) is 16.9. The molecule has 0 unspecified atom stereocenters. The number of hydrogen-bond donors (Lipinski definition) is 0. The molecule has 0 aliphatic carbocycles. The maximum atomic E-state index is 2.40. The molecule has 0 heterocycles. The van der Waals surface area contributed by atoms with Crippen LogP contribution in [0.4, 0.5) is 0 Å². The largest absolute Gasteiger partial charge is 0.0654 e. The van der Waals surface area contributed by atoms with Crippen LogP contribution in [0.1, 0.15) is 192 Å². The fraction of sp³-hybridized carbons (Fsp3) is 0.833. The molecule has 0 amide bonds. The first-order chi connectivity index (χ1) is 17.9. The molecule has 1 aromatic carbocycles. The van der Waals surface area contributed by atoms with Crippen LogP contribution in [0.25, 0.3) is 0 Å². The van der Waals surface area contributed by atoms with Crippen LogP contribution in [0, 0.1) is 0 Å². The van der Waals surface area contributed by atoms with E-state index in [-0.39, 0.29) is 37.7 Å². The number of unbranched alkanes of at least 4 members (excludes halogenated alkanes) is 24. The summed E-state index contributed by atoms with van der Waals surface area (Å²) in [6.45, 7) is 4.61. The summed E-state index contributed by atoms with van der Waals surface area (Å²) in [4.78, 5) is 0. The van der Waals surface area contributed by atoms with Crippen molar-refractivity contribution < 1.29 is 0 Å². The average Bonchev–Trinajstić information content (AvgIpc) is 2.90. The second-order valence-electron chi connectivity index (χ2n) is 11.8. The Balaban J connectivity index is 0.0000130. The Morgan fingerprint density at radius 1 is 0.324 bits per heavy atom. The monoisotopic (exact) mass is 538 g/mol. The number of rotatable bonds is 28. The van der Waals surface area contributed by atoms with E-state index < -0.39 is 0 Å². The maximum absolute atomic E-state index is 2.40. The zero-order valence-corrected chi connectivity index (χ0v) is 28.0. The number of hydrogen-bond acceptors (Lipinski definition) is 0. The van der Waals surface area contributed by atoms with E-state index in [2.05, 4.69) is 38.1 Å². The molecule has 0 aliphatic rings. The molecule has 0 N–H and O–H groups in total. The van der Waals surface area contributed by atoms with E-state index in [0.717, 1.165) is 0 Å². The van der Waals surface area contributed by atoms with Crippen molar-refractivity contribution in [2.24, 2.45) is 0 Å². The predicted molar refractivity (Wildman–Crippen MR) is 171 cm³/mol. The van der Waals surface area contributed by atoms with E-state index in [1.165, 1.54) is 180 Å². The van der Waals surface area contributed by atoms with E-state index in [1.807, 2.05) is 0 Å². The van der Waals surface area contributed by atoms with Crippen molar-refractivity contribution in [3.05, 3.63) is 35.4 Å². The quantitative estimate of drug-likeness (QED) is 0.0735. The predicted octanol–water partition coefficient (Wildman–Crippen LogP) is 12.6. The van der Waals surface area contributed by atoms with Gasteiger partial charge in [-0.05, 0) is 36.8 Å². The Morgan fingerprint density at radius 3 is 0.784 bits per heavy atom. The first kappa shape index (κ1) is 37.5. The fourth-order valence-corrected chi connectivity index (χ4v) is 5.71. The zero-order chi connectivity index (χ0) is 25.8. The summed E-state index contributed by atoms with van der Waals surface area (Å²) in [6.07, 6.45) is 40.1. The van der Waals surface area contributed by atoms with Crippen LogP contribution < -0.4 is 0 Å². The molecule has 212 valence electrons. The molecule has 1 heteroatoms. The van der Waals surface area contributed by atoms with Gasteiger partial charge in [0.1, 0.15) is 0 Å². The van der Waals surface area contributed by atoms with Gasteiger partial charge in [0.25, 0.3) is 0 Å². The summed E-state index contributed by atoms with van der Waals surface area (Å²) in [6, 6.07) is 9.31. The van der Waals surface area contributed by atoms with Crippen LogP contribution >= 0.6 is 0 Å². The van der Waals surface area contributed by atoms with Gasteiger partial charge < -0.3 is 0 Å². The third kappa shape index (κ3) is 25.2. The van der Waals surface area contributed by atoms with Gasteiger partial charge in [-0.15, -0.1) is 0 Å². The van der Waals surface area contributed by atoms with Crippen LogP contribution in [0.15, 0.2) is 24.3 Å². The Labute approximate surface area is 264 Å². The zero-order valence-electron chi connectivity index (χ0n) is 25.8. The smallest absolute Gasteiger partial charge is 0 e. The summed E-state index contributed by atoms with van der Waals surface area (Å²) >= 11 is 0. The van der Waals surface area contributed by atoms with Gasteiger partial charge in [0.15, 0.2) is 0 Å². The second-order valence-corrected chi connectivity index (χ2v) is 11.8. The molecule has 0 atom stereocenters. The molecular weight excluding hydrogens is 472 g/mol. The molecule has 0 saturated carbocycles. The van der Waals surface area contributed by atoms with Gasteiger partial charge in [0.05, 0.1) is 0 Å². The summed E-state index contributed by atoms with van der Waals surface area (Å²) in [5.74, 6) is 0. The molecule has 0 bridgehead atoms. The Morgan fingerprint density at radius 2 is 0.541 bits per heavy atom. The molecule has 0 fully saturated rings. The molecule has 0 aromatic heterocycles. The molecule has 1 rings (SSSR count). The third-order valence-electron chi connectivity index (χ3n) is 8.22. The molecule has 37 heavy (non-hydrogen) atoms. The number of aryl methyl sites for hydroxylation is 2. The van der Waals surface area contributed by atoms with Gasteiger partial charge >= 0.3 is 0 Å². The van der Waals surface area contributed by atoms with E-state index in [4.69, 9.17) is 0 Å². The Hall–Kier alpha value is 0.480. The van der Waals surface area contributed by atoms with Crippen LogP contribution in [-0.2, 0) is 12.8 Å². The minimum Gasteiger partial charge on any atom is -0.0654 e. The van der Waals surface area contributed by atoms with Crippen molar-refractivity contribution >= 4 is 37.7 Å². The van der Waals surface area contributed by atoms with Gasteiger partial charge in [0.2, 0.25) is 0 Å². The molecule has 2 radical (unpaired) electrons. The fourth-order valence-electron chi connectivity index (χ4n) is 5.71. The summed E-state index contributed by atoms with van der Waals surface area (Å²) < 4.78 is 0. The second kappa shape index (κ2) is 31.0. The summed E-state index contributed by atoms with van der Waals surface area (Å²) in [5, 5.41) is 0. The Kier molecular flexibility index (Phi) is 31.4. The SMILES string of the molecule is CCCCCCCCCCCCCCCc1ccccc1CCCCCCCCCCCCCCC.[Ca]. The Bertz CT molecular complexity index is 502. The topological polar surface area (TPSA) is 0 Å². The molecule has 0 saturated heterocycles. The van der Waals surface area contributed by atoms with Crippen molar-refractivity contribution in [1.82, 2.24) is 0 Å². The molecule has 0 spiro atoms. The van der Waals surface area contributed by atoms with Gasteiger partial charge in [-0.3, -0.25) is 0 Å². The minimum atomic E-state index is 0. The summed E-state index contributed by atoms with van der Waals surface area (Å²) in [7, 11) is 0. The van der Waals surface area contributed by atoms with Crippen LogP contribution in [0.2, 0.25) is 0 Å². The van der Waals surface area contributed by atoms with Crippen molar-refractivity contribution in [2.45, 2.75) is 194 Å². The average molecular weight is 539 g/mol. The van der Waals surface area contributed by atoms with Crippen LogP contribution in [-0.4, -0.2) is 37.7 Å².